The van der Waals surface area contributed by atoms with Gasteiger partial charge in [0.25, 0.3) is 0 Å². The highest BCUT2D eigenvalue weighted by atomic mass is 28.1. The largest absolute Gasteiger partial charge is 0.300 e. The van der Waals surface area contributed by atoms with Crippen LogP contribution in [0.3, 0.4) is 0 Å². The Labute approximate surface area is 92.7 Å². The monoisotopic (exact) mass is 216 g/mol. The summed E-state index contributed by atoms with van der Waals surface area (Å²) in [6, 6.07) is 2.52. The number of hydrogen-bond donors (Lipinski definition) is 2. The Balaban J connectivity index is 3.96. The minimum atomic E-state index is 0.485. The summed E-state index contributed by atoms with van der Waals surface area (Å²) in [6.45, 7) is 11.2. The molecule has 0 aliphatic rings. The maximum atomic E-state index is 3.58. The van der Waals surface area contributed by atoms with Crippen LogP contribution in [0.2, 0.25) is 6.04 Å². The summed E-state index contributed by atoms with van der Waals surface area (Å²) in [5.74, 6) is 0.851. The molecule has 0 aliphatic carbocycles. The molecule has 2 N–H and O–H groups in total. The molecule has 0 aliphatic heterocycles. The van der Waals surface area contributed by atoms with Crippen LogP contribution >= 0.6 is 0 Å². The SMILES string of the molecule is CC(C[SiH3])CC(NC(C)C)NC(C)C. The molecule has 0 fully saturated rings. The van der Waals surface area contributed by atoms with Crippen molar-refractivity contribution in [2.75, 3.05) is 0 Å². The molecule has 0 amide bonds. The van der Waals surface area contributed by atoms with Gasteiger partial charge in [-0.05, 0) is 40.0 Å². The first kappa shape index (κ1) is 14.1. The normalized spacial score (nSPS) is 14.6. The minimum absolute atomic E-state index is 0.485. The molecule has 0 heterocycles. The van der Waals surface area contributed by atoms with E-state index in [1.54, 1.807) is 0 Å². The highest BCUT2D eigenvalue weighted by molar-refractivity contribution is 6.08. The fourth-order valence-corrected chi connectivity index (χ4v) is 1.89. The quantitative estimate of drug-likeness (QED) is 0.492. The van der Waals surface area contributed by atoms with Gasteiger partial charge < -0.3 is 0 Å². The molecule has 0 rings (SSSR count). The molecule has 0 saturated heterocycles. The zero-order valence-corrected chi connectivity index (χ0v) is 12.7. The average molecular weight is 216 g/mol. The first-order valence-electron chi connectivity index (χ1n) is 5.97. The fraction of sp³-hybridized carbons (Fsp3) is 1.00. The van der Waals surface area contributed by atoms with Gasteiger partial charge in [0, 0.05) is 22.3 Å². The third-order valence-corrected chi connectivity index (χ3v) is 3.80. The zero-order valence-electron chi connectivity index (χ0n) is 10.7. The summed E-state index contributed by atoms with van der Waals surface area (Å²) in [7, 11) is 1.32. The molecule has 0 aromatic carbocycles. The highest BCUT2D eigenvalue weighted by Crippen LogP contribution is 2.08. The Morgan fingerprint density at radius 2 is 1.36 bits per heavy atom. The Morgan fingerprint density at radius 1 is 0.929 bits per heavy atom. The molecular weight excluding hydrogens is 188 g/mol. The van der Waals surface area contributed by atoms with Crippen molar-refractivity contribution in [3.8, 4) is 0 Å². The van der Waals surface area contributed by atoms with Crippen LogP contribution in [0.15, 0.2) is 0 Å². The van der Waals surface area contributed by atoms with Gasteiger partial charge in [0.15, 0.2) is 0 Å². The van der Waals surface area contributed by atoms with Crippen molar-refractivity contribution in [2.24, 2.45) is 5.92 Å². The van der Waals surface area contributed by atoms with Gasteiger partial charge in [-0.2, -0.15) is 0 Å². The molecule has 0 bridgehead atoms. The molecule has 1 unspecified atom stereocenters. The van der Waals surface area contributed by atoms with Crippen molar-refractivity contribution < 1.29 is 0 Å². The second-order valence-corrected chi connectivity index (χ2v) is 5.76. The van der Waals surface area contributed by atoms with Crippen molar-refractivity contribution in [3.05, 3.63) is 0 Å². The van der Waals surface area contributed by atoms with Crippen LogP contribution in [0.4, 0.5) is 0 Å². The first-order chi connectivity index (χ1) is 6.45. The lowest BCUT2D eigenvalue weighted by Crippen LogP contribution is -2.48. The van der Waals surface area contributed by atoms with E-state index < -0.39 is 0 Å². The smallest absolute Gasteiger partial charge is 0.0577 e. The van der Waals surface area contributed by atoms with E-state index in [-0.39, 0.29) is 0 Å². The zero-order chi connectivity index (χ0) is 11.1. The fourth-order valence-electron chi connectivity index (χ4n) is 1.56. The summed E-state index contributed by atoms with van der Waals surface area (Å²) >= 11 is 0. The topological polar surface area (TPSA) is 24.1 Å². The molecular formula is C11H28N2Si. The van der Waals surface area contributed by atoms with Crippen molar-refractivity contribution in [1.29, 1.82) is 0 Å². The van der Waals surface area contributed by atoms with Gasteiger partial charge in [-0.25, -0.2) is 0 Å². The number of nitrogens with one attached hydrogen (secondary N) is 2. The van der Waals surface area contributed by atoms with E-state index in [9.17, 15) is 0 Å². The van der Waals surface area contributed by atoms with Crippen LogP contribution < -0.4 is 10.6 Å². The number of hydrogen-bond acceptors (Lipinski definition) is 2. The lowest BCUT2D eigenvalue weighted by molar-refractivity contribution is 0.317. The Hall–Kier alpha value is 0.137. The Morgan fingerprint density at radius 3 is 1.64 bits per heavy atom. The van der Waals surface area contributed by atoms with Crippen LogP contribution in [-0.4, -0.2) is 28.5 Å². The van der Waals surface area contributed by atoms with Crippen molar-refractivity contribution in [1.82, 2.24) is 10.6 Å². The van der Waals surface area contributed by atoms with E-state index >= 15 is 0 Å². The van der Waals surface area contributed by atoms with Gasteiger partial charge in [-0.1, -0.05) is 13.0 Å². The van der Waals surface area contributed by atoms with Crippen LogP contribution in [0.1, 0.15) is 41.0 Å². The lowest BCUT2D eigenvalue weighted by Gasteiger charge is -2.27. The molecule has 0 aromatic rings. The van der Waals surface area contributed by atoms with Crippen LogP contribution in [0.5, 0.6) is 0 Å². The summed E-state index contributed by atoms with van der Waals surface area (Å²) in [4.78, 5) is 0. The molecule has 3 heteroatoms. The summed E-state index contributed by atoms with van der Waals surface area (Å²) in [5, 5.41) is 7.16. The lowest BCUT2D eigenvalue weighted by atomic mass is 10.1. The first-order valence-corrected chi connectivity index (χ1v) is 7.39. The Kier molecular flexibility index (Phi) is 7.50. The number of rotatable bonds is 7. The van der Waals surface area contributed by atoms with Gasteiger partial charge in [0.1, 0.15) is 0 Å². The molecule has 0 saturated carbocycles. The van der Waals surface area contributed by atoms with E-state index in [1.807, 2.05) is 0 Å². The Bertz CT molecular complexity index is 127. The van der Waals surface area contributed by atoms with Gasteiger partial charge >= 0.3 is 0 Å². The maximum absolute atomic E-state index is 3.58. The van der Waals surface area contributed by atoms with Gasteiger partial charge in [-0.15, -0.1) is 0 Å². The van der Waals surface area contributed by atoms with Gasteiger partial charge in [0.2, 0.25) is 0 Å². The van der Waals surface area contributed by atoms with Crippen molar-refractivity contribution >= 4 is 10.2 Å². The average Bonchev–Trinajstić information content (AvgIpc) is 2.01. The predicted molar refractivity (Wildman–Crippen MR) is 68.9 cm³/mol. The van der Waals surface area contributed by atoms with E-state index in [0.717, 1.165) is 5.92 Å². The predicted octanol–water partition coefficient (Wildman–Crippen LogP) is 1.12. The van der Waals surface area contributed by atoms with Crippen LogP contribution in [0, 0.1) is 5.92 Å². The van der Waals surface area contributed by atoms with Crippen molar-refractivity contribution in [2.45, 2.75) is 65.3 Å². The van der Waals surface area contributed by atoms with E-state index in [4.69, 9.17) is 0 Å². The standard InChI is InChI=1S/C11H28N2Si/c1-8(2)12-11(13-9(3)4)6-10(5)7-14/h8-13H,6-7H2,1-5,14H3. The van der Waals surface area contributed by atoms with E-state index in [2.05, 4.69) is 45.3 Å². The van der Waals surface area contributed by atoms with Gasteiger partial charge in [-0.3, -0.25) is 10.6 Å². The molecule has 0 aromatic heterocycles. The van der Waals surface area contributed by atoms with E-state index in [0.29, 0.717) is 18.2 Å². The minimum Gasteiger partial charge on any atom is -0.300 e. The third kappa shape index (κ3) is 7.53. The molecule has 0 radical (unpaired) electrons. The molecule has 14 heavy (non-hydrogen) atoms. The molecule has 1 atom stereocenters. The van der Waals surface area contributed by atoms with E-state index in [1.165, 1.54) is 22.7 Å². The van der Waals surface area contributed by atoms with Crippen LogP contribution in [-0.2, 0) is 0 Å². The molecule has 0 spiro atoms. The molecule has 86 valence electrons. The summed E-state index contributed by atoms with van der Waals surface area (Å²) in [6.07, 6.45) is 1.74. The van der Waals surface area contributed by atoms with Crippen molar-refractivity contribution in [3.63, 3.8) is 0 Å². The third-order valence-electron chi connectivity index (χ3n) is 2.40. The van der Waals surface area contributed by atoms with Gasteiger partial charge in [0.05, 0.1) is 6.17 Å². The second kappa shape index (κ2) is 7.43. The van der Waals surface area contributed by atoms with Crippen LogP contribution in [0.25, 0.3) is 0 Å². The summed E-state index contributed by atoms with van der Waals surface area (Å²) in [5.41, 5.74) is 0. The maximum Gasteiger partial charge on any atom is 0.0577 e. The molecule has 2 nitrogen and oxygen atoms in total. The highest BCUT2D eigenvalue weighted by Gasteiger charge is 2.13. The second-order valence-electron chi connectivity index (χ2n) is 4.94. The summed E-state index contributed by atoms with van der Waals surface area (Å²) < 4.78 is 0.